The van der Waals surface area contributed by atoms with Gasteiger partial charge in [-0.15, -0.1) is 0 Å². The van der Waals surface area contributed by atoms with E-state index in [9.17, 15) is 0 Å². The van der Waals surface area contributed by atoms with Crippen LogP contribution in [0.3, 0.4) is 0 Å². The summed E-state index contributed by atoms with van der Waals surface area (Å²) in [6, 6.07) is 3.25. The minimum atomic E-state index is -0.120. The van der Waals surface area contributed by atoms with Crippen molar-refractivity contribution in [1.82, 2.24) is 0 Å². The summed E-state index contributed by atoms with van der Waals surface area (Å²) in [5.74, 6) is -0.120. The standard InChI is InChI=1S/C8H8Cl3N3/c1-14(8(12)13)5-3-2-4(9)6(10)7(5)11/h2-3H,1H3,(H3,12,13). The maximum Gasteiger partial charge on any atom is 0.192 e. The van der Waals surface area contributed by atoms with Crippen LogP contribution in [0.4, 0.5) is 5.69 Å². The van der Waals surface area contributed by atoms with E-state index in [2.05, 4.69) is 0 Å². The van der Waals surface area contributed by atoms with Crippen LogP contribution in [0.2, 0.25) is 15.1 Å². The van der Waals surface area contributed by atoms with Crippen molar-refractivity contribution in [2.24, 2.45) is 5.73 Å². The number of guanidine groups is 1. The number of benzene rings is 1. The van der Waals surface area contributed by atoms with E-state index in [1.54, 1.807) is 19.2 Å². The topological polar surface area (TPSA) is 53.1 Å². The van der Waals surface area contributed by atoms with E-state index in [0.717, 1.165) is 0 Å². The van der Waals surface area contributed by atoms with Crippen LogP contribution < -0.4 is 10.6 Å². The molecule has 3 N–H and O–H groups in total. The second kappa shape index (κ2) is 4.26. The molecule has 0 spiro atoms. The molecule has 1 aromatic carbocycles. The van der Waals surface area contributed by atoms with Gasteiger partial charge in [-0.25, -0.2) is 0 Å². The van der Waals surface area contributed by atoms with E-state index < -0.39 is 0 Å². The number of hydrogen-bond acceptors (Lipinski definition) is 1. The number of anilines is 1. The Hall–Kier alpha value is -0.640. The first kappa shape index (κ1) is 11.4. The van der Waals surface area contributed by atoms with Gasteiger partial charge < -0.3 is 10.6 Å². The van der Waals surface area contributed by atoms with Crippen molar-refractivity contribution in [2.45, 2.75) is 0 Å². The largest absolute Gasteiger partial charge is 0.370 e. The summed E-state index contributed by atoms with van der Waals surface area (Å²) >= 11 is 17.5. The summed E-state index contributed by atoms with van der Waals surface area (Å²) in [6.07, 6.45) is 0. The summed E-state index contributed by atoms with van der Waals surface area (Å²) in [6.45, 7) is 0. The summed E-state index contributed by atoms with van der Waals surface area (Å²) in [7, 11) is 1.62. The Labute approximate surface area is 96.9 Å². The lowest BCUT2D eigenvalue weighted by molar-refractivity contribution is 1.20. The predicted molar refractivity (Wildman–Crippen MR) is 61.8 cm³/mol. The fourth-order valence-corrected chi connectivity index (χ4v) is 1.56. The van der Waals surface area contributed by atoms with Gasteiger partial charge in [-0.05, 0) is 12.1 Å². The maximum atomic E-state index is 7.23. The lowest BCUT2D eigenvalue weighted by atomic mass is 10.3. The van der Waals surface area contributed by atoms with Crippen LogP contribution in [0.5, 0.6) is 0 Å². The molecule has 0 unspecified atom stereocenters. The summed E-state index contributed by atoms with van der Waals surface area (Å²) in [5.41, 5.74) is 5.85. The molecule has 0 radical (unpaired) electrons. The van der Waals surface area contributed by atoms with Crippen LogP contribution in [0.15, 0.2) is 12.1 Å². The molecule has 76 valence electrons. The van der Waals surface area contributed by atoms with E-state index in [1.807, 2.05) is 0 Å². The minimum absolute atomic E-state index is 0.120. The highest BCUT2D eigenvalue weighted by Gasteiger charge is 2.13. The zero-order valence-electron chi connectivity index (χ0n) is 7.31. The van der Waals surface area contributed by atoms with Gasteiger partial charge in [0.15, 0.2) is 5.96 Å². The molecule has 14 heavy (non-hydrogen) atoms. The van der Waals surface area contributed by atoms with Gasteiger partial charge in [0.05, 0.1) is 20.8 Å². The summed E-state index contributed by atoms with van der Waals surface area (Å²) in [5, 5.41) is 8.15. The Morgan fingerprint density at radius 2 is 1.86 bits per heavy atom. The normalized spacial score (nSPS) is 10.0. The van der Waals surface area contributed by atoms with Crippen molar-refractivity contribution in [3.05, 3.63) is 27.2 Å². The number of rotatable bonds is 1. The highest BCUT2D eigenvalue weighted by atomic mass is 35.5. The van der Waals surface area contributed by atoms with Crippen molar-refractivity contribution in [2.75, 3.05) is 11.9 Å². The van der Waals surface area contributed by atoms with Crippen molar-refractivity contribution in [3.63, 3.8) is 0 Å². The third-order valence-electron chi connectivity index (χ3n) is 1.74. The number of nitrogens with one attached hydrogen (secondary N) is 1. The first-order chi connectivity index (χ1) is 6.45. The molecule has 0 aliphatic heterocycles. The van der Waals surface area contributed by atoms with E-state index in [4.69, 9.17) is 45.9 Å². The van der Waals surface area contributed by atoms with Crippen molar-refractivity contribution in [1.29, 1.82) is 5.41 Å². The van der Waals surface area contributed by atoms with Crippen LogP contribution in [-0.2, 0) is 0 Å². The molecule has 1 rings (SSSR count). The molecule has 0 saturated heterocycles. The van der Waals surface area contributed by atoms with Crippen LogP contribution in [0, 0.1) is 5.41 Å². The van der Waals surface area contributed by atoms with Crippen LogP contribution in [-0.4, -0.2) is 13.0 Å². The van der Waals surface area contributed by atoms with Gasteiger partial charge in [-0.3, -0.25) is 5.41 Å². The fraction of sp³-hybridized carbons (Fsp3) is 0.125. The zero-order chi connectivity index (χ0) is 10.9. The number of halogens is 3. The molecule has 0 aromatic heterocycles. The smallest absolute Gasteiger partial charge is 0.192 e. The van der Waals surface area contributed by atoms with E-state index in [-0.39, 0.29) is 16.0 Å². The average Bonchev–Trinajstić information content (AvgIpc) is 2.13. The minimum Gasteiger partial charge on any atom is -0.370 e. The summed E-state index contributed by atoms with van der Waals surface area (Å²) in [4.78, 5) is 1.41. The van der Waals surface area contributed by atoms with Gasteiger partial charge in [0, 0.05) is 7.05 Å². The highest BCUT2D eigenvalue weighted by molar-refractivity contribution is 6.49. The molecule has 0 heterocycles. The molecule has 0 aliphatic rings. The molecule has 0 bridgehead atoms. The SMILES string of the molecule is CN(C(=N)N)c1ccc(Cl)c(Cl)c1Cl. The Bertz CT molecular complexity index is 378. The van der Waals surface area contributed by atoms with Crippen molar-refractivity contribution < 1.29 is 0 Å². The molecule has 0 aliphatic carbocycles. The highest BCUT2D eigenvalue weighted by Crippen LogP contribution is 2.36. The predicted octanol–water partition coefficient (Wildman–Crippen LogP) is 2.98. The monoisotopic (exact) mass is 251 g/mol. The Morgan fingerprint density at radius 1 is 1.29 bits per heavy atom. The van der Waals surface area contributed by atoms with Gasteiger partial charge >= 0.3 is 0 Å². The molecule has 0 fully saturated rings. The number of nitrogens with two attached hydrogens (primary N) is 1. The fourth-order valence-electron chi connectivity index (χ4n) is 0.905. The third kappa shape index (κ3) is 2.05. The lowest BCUT2D eigenvalue weighted by Gasteiger charge is -2.18. The van der Waals surface area contributed by atoms with Crippen molar-refractivity contribution >= 4 is 46.4 Å². The van der Waals surface area contributed by atoms with Gasteiger partial charge in [-0.2, -0.15) is 0 Å². The van der Waals surface area contributed by atoms with E-state index in [0.29, 0.717) is 10.7 Å². The van der Waals surface area contributed by atoms with E-state index >= 15 is 0 Å². The lowest BCUT2D eigenvalue weighted by Crippen LogP contribution is -2.32. The Morgan fingerprint density at radius 3 is 2.36 bits per heavy atom. The Balaban J connectivity index is 3.24. The quantitative estimate of drug-likeness (QED) is 0.459. The van der Waals surface area contributed by atoms with Crippen LogP contribution >= 0.6 is 34.8 Å². The molecule has 0 amide bonds. The molecule has 6 heteroatoms. The third-order valence-corrected chi connectivity index (χ3v) is 3.02. The van der Waals surface area contributed by atoms with Gasteiger partial charge in [0.1, 0.15) is 0 Å². The van der Waals surface area contributed by atoms with Crippen LogP contribution in [0.1, 0.15) is 0 Å². The maximum absolute atomic E-state index is 7.23. The van der Waals surface area contributed by atoms with Crippen molar-refractivity contribution in [3.8, 4) is 0 Å². The number of nitrogens with zero attached hydrogens (tertiary/aromatic N) is 1. The number of hydrogen-bond donors (Lipinski definition) is 2. The van der Waals surface area contributed by atoms with Gasteiger partial charge in [0.2, 0.25) is 0 Å². The second-order valence-electron chi connectivity index (χ2n) is 2.64. The van der Waals surface area contributed by atoms with Crippen LogP contribution in [0.25, 0.3) is 0 Å². The summed E-state index contributed by atoms with van der Waals surface area (Å²) < 4.78 is 0. The second-order valence-corrected chi connectivity index (χ2v) is 3.80. The molecular formula is C8H8Cl3N3. The zero-order valence-corrected chi connectivity index (χ0v) is 9.58. The Kier molecular flexibility index (Phi) is 3.48. The average molecular weight is 253 g/mol. The molecule has 0 saturated carbocycles. The first-order valence-electron chi connectivity index (χ1n) is 3.66. The molecule has 1 aromatic rings. The molecule has 3 nitrogen and oxygen atoms in total. The van der Waals surface area contributed by atoms with E-state index in [1.165, 1.54) is 4.90 Å². The first-order valence-corrected chi connectivity index (χ1v) is 4.79. The molecule has 0 atom stereocenters. The van der Waals surface area contributed by atoms with Gasteiger partial charge in [-0.1, -0.05) is 34.8 Å². The van der Waals surface area contributed by atoms with Gasteiger partial charge in [0.25, 0.3) is 0 Å². The molecular weight excluding hydrogens is 244 g/mol.